The normalized spacial score (nSPS) is 14.6. The molecule has 1 heterocycles. The number of nitrogens with one attached hydrogen (secondary N) is 1. The lowest BCUT2D eigenvalue weighted by atomic mass is 9.81. The Morgan fingerprint density at radius 2 is 1.80 bits per heavy atom. The second-order valence-corrected chi connectivity index (χ2v) is 6.58. The highest BCUT2D eigenvalue weighted by Crippen LogP contribution is 2.27. The summed E-state index contributed by atoms with van der Waals surface area (Å²) < 4.78 is 0. The van der Waals surface area contributed by atoms with E-state index in [0.717, 1.165) is 25.9 Å². The quantitative estimate of drug-likeness (QED) is 0.808. The van der Waals surface area contributed by atoms with Crippen LogP contribution in [-0.4, -0.2) is 36.3 Å². The molecule has 2 rings (SSSR count). The van der Waals surface area contributed by atoms with Crippen molar-refractivity contribution >= 4 is 29.9 Å². The summed E-state index contributed by atoms with van der Waals surface area (Å²) in [5.41, 5.74) is 6.57. The molecular formula is C19H30ClN3O2. The topological polar surface area (TPSA) is 75.4 Å². The van der Waals surface area contributed by atoms with Crippen molar-refractivity contribution in [3.63, 3.8) is 0 Å². The minimum absolute atomic E-state index is 0. The van der Waals surface area contributed by atoms with Crippen molar-refractivity contribution < 1.29 is 9.59 Å². The van der Waals surface area contributed by atoms with Crippen LogP contribution >= 0.6 is 12.4 Å². The predicted molar refractivity (Wildman–Crippen MR) is 104 cm³/mol. The first kappa shape index (κ1) is 21.5. The lowest BCUT2D eigenvalue weighted by Crippen LogP contribution is -2.41. The van der Waals surface area contributed by atoms with Gasteiger partial charge in [-0.3, -0.25) is 9.59 Å². The Labute approximate surface area is 156 Å². The molecule has 1 aliphatic rings. The maximum absolute atomic E-state index is 12.6. The van der Waals surface area contributed by atoms with Crippen molar-refractivity contribution in [1.29, 1.82) is 0 Å². The summed E-state index contributed by atoms with van der Waals surface area (Å²) in [4.78, 5) is 27.1. The highest BCUT2D eigenvalue weighted by atomic mass is 35.5. The lowest BCUT2D eigenvalue weighted by Gasteiger charge is -2.29. The molecule has 0 saturated carbocycles. The molecule has 0 aromatic heterocycles. The fourth-order valence-corrected chi connectivity index (χ4v) is 3.23. The Morgan fingerprint density at radius 3 is 2.36 bits per heavy atom. The molecule has 1 fully saturated rings. The second-order valence-electron chi connectivity index (χ2n) is 6.58. The van der Waals surface area contributed by atoms with Crippen LogP contribution in [0.2, 0.25) is 0 Å². The van der Waals surface area contributed by atoms with Crippen LogP contribution in [0.4, 0.5) is 5.69 Å². The van der Waals surface area contributed by atoms with E-state index >= 15 is 0 Å². The molecule has 25 heavy (non-hydrogen) atoms. The van der Waals surface area contributed by atoms with Crippen molar-refractivity contribution in [2.24, 2.45) is 11.1 Å². The van der Waals surface area contributed by atoms with Crippen LogP contribution in [0.1, 0.15) is 56.3 Å². The van der Waals surface area contributed by atoms with Crippen molar-refractivity contribution in [2.75, 3.05) is 25.0 Å². The Kier molecular flexibility index (Phi) is 8.39. The molecule has 0 aliphatic carbocycles. The number of carbonyl (C=O) groups excluding carboxylic acids is 2. The average Bonchev–Trinajstić information content (AvgIpc) is 2.64. The van der Waals surface area contributed by atoms with Gasteiger partial charge in [-0.1, -0.05) is 19.9 Å². The predicted octanol–water partition coefficient (Wildman–Crippen LogP) is 3.44. The molecule has 140 valence electrons. The maximum atomic E-state index is 12.6. The van der Waals surface area contributed by atoms with Crippen molar-refractivity contribution in [3.8, 4) is 0 Å². The first-order valence-corrected chi connectivity index (χ1v) is 8.97. The lowest BCUT2D eigenvalue weighted by molar-refractivity contribution is -0.125. The third-order valence-corrected chi connectivity index (χ3v) is 5.24. The zero-order chi connectivity index (χ0) is 17.6. The van der Waals surface area contributed by atoms with Crippen LogP contribution in [0, 0.1) is 5.41 Å². The highest BCUT2D eigenvalue weighted by Gasteiger charge is 2.33. The van der Waals surface area contributed by atoms with Gasteiger partial charge >= 0.3 is 0 Å². The van der Waals surface area contributed by atoms with Crippen LogP contribution in [0.3, 0.4) is 0 Å². The molecule has 1 saturated heterocycles. The van der Waals surface area contributed by atoms with E-state index in [0.29, 0.717) is 30.6 Å². The Bertz CT molecular complexity index is 574. The van der Waals surface area contributed by atoms with Crippen molar-refractivity contribution in [2.45, 2.75) is 46.0 Å². The van der Waals surface area contributed by atoms with Gasteiger partial charge in [0, 0.05) is 30.9 Å². The Hall–Kier alpha value is -1.59. The summed E-state index contributed by atoms with van der Waals surface area (Å²) in [6.07, 6.45) is 4.70. The Morgan fingerprint density at radius 1 is 1.16 bits per heavy atom. The van der Waals surface area contributed by atoms with Crippen LogP contribution in [0.25, 0.3) is 0 Å². The number of amides is 2. The van der Waals surface area contributed by atoms with Crippen molar-refractivity contribution in [3.05, 3.63) is 29.8 Å². The van der Waals surface area contributed by atoms with Gasteiger partial charge in [0.25, 0.3) is 5.91 Å². The molecule has 6 heteroatoms. The number of hydrogen-bond acceptors (Lipinski definition) is 3. The first-order valence-electron chi connectivity index (χ1n) is 8.97. The number of halogens is 1. The van der Waals surface area contributed by atoms with Gasteiger partial charge in [0.1, 0.15) is 0 Å². The number of nitrogens with two attached hydrogens (primary N) is 1. The van der Waals surface area contributed by atoms with Crippen LogP contribution in [0.15, 0.2) is 24.3 Å². The number of anilines is 1. The minimum Gasteiger partial charge on any atom is -0.339 e. The molecule has 0 bridgehead atoms. The van der Waals surface area contributed by atoms with Gasteiger partial charge in [-0.2, -0.15) is 0 Å². The summed E-state index contributed by atoms with van der Waals surface area (Å²) in [5.74, 6) is -0.0283. The summed E-state index contributed by atoms with van der Waals surface area (Å²) in [6.45, 7) is 5.91. The van der Waals surface area contributed by atoms with Gasteiger partial charge in [0.2, 0.25) is 5.91 Å². The van der Waals surface area contributed by atoms with E-state index in [2.05, 4.69) is 5.32 Å². The molecule has 1 aromatic rings. The molecule has 5 nitrogen and oxygen atoms in total. The fourth-order valence-electron chi connectivity index (χ4n) is 3.23. The van der Waals surface area contributed by atoms with Gasteiger partial charge in [-0.25, -0.2) is 0 Å². The minimum atomic E-state index is -0.549. The standard InChI is InChI=1S/C19H29N3O2.ClH/c1-3-19(4-2,14-20)18(24)21-16-10-8-9-15(13-16)17(23)22-11-6-5-7-12-22;/h8-10,13H,3-7,11-12,14,20H2,1-2H3,(H,21,24);1H. The zero-order valence-corrected chi connectivity index (χ0v) is 16.0. The molecule has 0 atom stereocenters. The summed E-state index contributed by atoms with van der Waals surface area (Å²) in [6, 6.07) is 7.20. The molecule has 1 aliphatic heterocycles. The van der Waals surface area contributed by atoms with Crippen LogP contribution < -0.4 is 11.1 Å². The van der Waals surface area contributed by atoms with Crippen LogP contribution in [-0.2, 0) is 4.79 Å². The second kappa shape index (κ2) is 9.78. The third kappa shape index (κ3) is 4.95. The number of piperidine rings is 1. The fraction of sp³-hybridized carbons (Fsp3) is 0.579. The average molecular weight is 368 g/mol. The molecule has 2 amide bonds. The molecule has 3 N–H and O–H groups in total. The van der Waals surface area contributed by atoms with E-state index in [-0.39, 0.29) is 24.2 Å². The number of nitrogens with zero attached hydrogens (tertiary/aromatic N) is 1. The summed E-state index contributed by atoms with van der Waals surface area (Å²) in [5, 5.41) is 2.94. The summed E-state index contributed by atoms with van der Waals surface area (Å²) >= 11 is 0. The van der Waals surface area contributed by atoms with Crippen LogP contribution in [0.5, 0.6) is 0 Å². The molecule has 1 aromatic carbocycles. The van der Waals surface area contributed by atoms with E-state index in [1.165, 1.54) is 6.42 Å². The van der Waals surface area contributed by atoms with Gasteiger partial charge in [0.15, 0.2) is 0 Å². The molecular weight excluding hydrogens is 338 g/mol. The smallest absolute Gasteiger partial charge is 0.253 e. The largest absolute Gasteiger partial charge is 0.339 e. The number of rotatable bonds is 6. The monoisotopic (exact) mass is 367 g/mol. The molecule has 0 unspecified atom stereocenters. The third-order valence-electron chi connectivity index (χ3n) is 5.24. The SMILES string of the molecule is CCC(CC)(CN)C(=O)Nc1cccc(C(=O)N2CCCCC2)c1.Cl. The maximum Gasteiger partial charge on any atom is 0.253 e. The number of benzene rings is 1. The number of hydrogen-bond donors (Lipinski definition) is 2. The summed E-state index contributed by atoms with van der Waals surface area (Å²) in [7, 11) is 0. The van der Waals surface area contributed by atoms with E-state index in [9.17, 15) is 9.59 Å². The van der Waals surface area contributed by atoms with E-state index in [4.69, 9.17) is 5.73 Å². The van der Waals surface area contributed by atoms with Crippen molar-refractivity contribution in [1.82, 2.24) is 4.90 Å². The highest BCUT2D eigenvalue weighted by molar-refractivity contribution is 5.98. The van der Waals surface area contributed by atoms with Gasteiger partial charge in [0.05, 0.1) is 5.41 Å². The van der Waals surface area contributed by atoms with Gasteiger partial charge in [-0.05, 0) is 50.3 Å². The Balaban J connectivity index is 0.00000312. The van der Waals surface area contributed by atoms with E-state index < -0.39 is 5.41 Å². The van der Waals surface area contributed by atoms with Gasteiger partial charge in [-0.15, -0.1) is 12.4 Å². The zero-order valence-electron chi connectivity index (χ0n) is 15.2. The first-order chi connectivity index (χ1) is 11.6. The molecule has 0 spiro atoms. The van der Waals surface area contributed by atoms with Gasteiger partial charge < -0.3 is 16.0 Å². The number of carbonyl (C=O) groups is 2. The number of likely N-dealkylation sites (tertiary alicyclic amines) is 1. The van der Waals surface area contributed by atoms with E-state index in [1.54, 1.807) is 6.07 Å². The molecule has 0 radical (unpaired) electrons. The van der Waals surface area contributed by atoms with E-state index in [1.807, 2.05) is 36.9 Å².